The number of nitrogens with two attached hydrogens (primary N) is 1. The first-order valence-corrected chi connectivity index (χ1v) is 10.6. The number of carbonyl (C=O) groups excluding carboxylic acids is 1. The van der Waals surface area contributed by atoms with Gasteiger partial charge < -0.3 is 26.0 Å². The average Bonchev–Trinajstić information content (AvgIpc) is 3.16. The molecule has 0 spiro atoms. The fourth-order valence-electron chi connectivity index (χ4n) is 3.26. The van der Waals surface area contributed by atoms with Crippen molar-refractivity contribution in [1.82, 2.24) is 10.3 Å². The van der Waals surface area contributed by atoms with Gasteiger partial charge in [-0.2, -0.15) is 0 Å². The van der Waals surface area contributed by atoms with Gasteiger partial charge in [-0.15, -0.1) is 0 Å². The molecule has 0 aliphatic carbocycles. The van der Waals surface area contributed by atoms with Crippen LogP contribution in [0.15, 0.2) is 47.8 Å². The SMILES string of the molecule is NCCCOc1c(Cl)cc(Cl)cc1C/C(=N/O)C(=O)NCCc1c[nH]c2ccccc12. The minimum atomic E-state index is -0.480. The molecular weight excluding hydrogens is 439 g/mol. The number of nitrogens with zero attached hydrogens (tertiary/aromatic N) is 1. The quantitative estimate of drug-likeness (QED) is 0.158. The summed E-state index contributed by atoms with van der Waals surface area (Å²) in [5.74, 6) is -0.0846. The number of aromatic nitrogens is 1. The van der Waals surface area contributed by atoms with Crippen LogP contribution in [0.3, 0.4) is 0 Å². The lowest BCUT2D eigenvalue weighted by Crippen LogP contribution is -2.33. The Balaban J connectivity index is 1.64. The number of rotatable bonds is 10. The molecule has 0 aliphatic rings. The van der Waals surface area contributed by atoms with Gasteiger partial charge in [-0.25, -0.2) is 0 Å². The zero-order chi connectivity index (χ0) is 22.2. The maximum absolute atomic E-state index is 12.6. The van der Waals surface area contributed by atoms with Crippen molar-refractivity contribution in [2.24, 2.45) is 10.9 Å². The molecule has 0 fully saturated rings. The Morgan fingerprint density at radius 1 is 1.23 bits per heavy atom. The van der Waals surface area contributed by atoms with Gasteiger partial charge in [0.15, 0.2) is 0 Å². The van der Waals surface area contributed by atoms with Crippen molar-refractivity contribution in [2.45, 2.75) is 19.3 Å². The number of benzene rings is 2. The molecule has 9 heteroatoms. The lowest BCUT2D eigenvalue weighted by Gasteiger charge is -2.14. The van der Waals surface area contributed by atoms with Crippen LogP contribution < -0.4 is 15.8 Å². The number of H-pyrrole nitrogens is 1. The second-order valence-electron chi connectivity index (χ2n) is 6.96. The van der Waals surface area contributed by atoms with Gasteiger partial charge in [0, 0.05) is 40.7 Å². The first-order valence-electron chi connectivity index (χ1n) is 9.88. The van der Waals surface area contributed by atoms with Crippen molar-refractivity contribution < 1.29 is 14.7 Å². The highest BCUT2D eigenvalue weighted by Crippen LogP contribution is 2.33. The number of halogens is 2. The van der Waals surface area contributed by atoms with Crippen LogP contribution in [0, 0.1) is 0 Å². The van der Waals surface area contributed by atoms with Gasteiger partial charge >= 0.3 is 0 Å². The number of ether oxygens (including phenoxy) is 1. The van der Waals surface area contributed by atoms with Crippen LogP contribution >= 0.6 is 23.2 Å². The molecule has 0 bridgehead atoms. The third-order valence-electron chi connectivity index (χ3n) is 4.78. The third-order valence-corrected chi connectivity index (χ3v) is 5.27. The smallest absolute Gasteiger partial charge is 0.269 e. The monoisotopic (exact) mass is 462 g/mol. The summed E-state index contributed by atoms with van der Waals surface area (Å²) < 4.78 is 5.72. The Bertz CT molecular complexity index is 1080. The van der Waals surface area contributed by atoms with E-state index in [2.05, 4.69) is 15.5 Å². The largest absolute Gasteiger partial charge is 0.492 e. The van der Waals surface area contributed by atoms with Crippen LogP contribution in [0.25, 0.3) is 10.9 Å². The number of nitrogens with one attached hydrogen (secondary N) is 2. The predicted molar refractivity (Wildman–Crippen MR) is 124 cm³/mol. The number of fused-ring (bicyclic) bond motifs is 1. The van der Waals surface area contributed by atoms with E-state index in [4.69, 9.17) is 33.7 Å². The molecule has 3 aromatic rings. The molecule has 0 saturated carbocycles. The molecule has 0 aliphatic heterocycles. The number of oxime groups is 1. The molecule has 1 amide bonds. The molecular formula is C22H24Cl2N4O3. The molecule has 164 valence electrons. The van der Waals surface area contributed by atoms with Crippen molar-refractivity contribution >= 4 is 45.7 Å². The number of para-hydroxylation sites is 1. The summed E-state index contributed by atoms with van der Waals surface area (Å²) in [6.45, 7) is 1.23. The highest BCUT2D eigenvalue weighted by molar-refractivity contribution is 6.39. The van der Waals surface area contributed by atoms with Gasteiger partial charge in [0.25, 0.3) is 5.91 Å². The van der Waals surface area contributed by atoms with Crippen molar-refractivity contribution in [2.75, 3.05) is 19.7 Å². The maximum Gasteiger partial charge on any atom is 0.269 e. The van der Waals surface area contributed by atoms with Gasteiger partial charge in [-0.3, -0.25) is 4.79 Å². The second-order valence-corrected chi connectivity index (χ2v) is 7.80. The maximum atomic E-state index is 12.6. The molecule has 1 aromatic heterocycles. The number of carbonyl (C=O) groups is 1. The first-order chi connectivity index (χ1) is 15.0. The van der Waals surface area contributed by atoms with E-state index in [-0.39, 0.29) is 12.1 Å². The van der Waals surface area contributed by atoms with Crippen LogP contribution in [0.4, 0.5) is 0 Å². The summed E-state index contributed by atoms with van der Waals surface area (Å²) in [5, 5.41) is 17.2. The summed E-state index contributed by atoms with van der Waals surface area (Å²) in [6.07, 6.45) is 3.21. The fourth-order valence-corrected chi connectivity index (χ4v) is 3.85. The molecule has 7 nitrogen and oxygen atoms in total. The van der Waals surface area contributed by atoms with Gasteiger partial charge in [0.1, 0.15) is 11.5 Å². The summed E-state index contributed by atoms with van der Waals surface area (Å²) in [6, 6.07) is 11.1. The van der Waals surface area contributed by atoms with E-state index in [1.54, 1.807) is 12.1 Å². The van der Waals surface area contributed by atoms with Crippen LogP contribution in [-0.2, 0) is 17.6 Å². The zero-order valence-corrected chi connectivity index (χ0v) is 18.3. The van der Waals surface area contributed by atoms with Crippen molar-refractivity contribution in [1.29, 1.82) is 0 Å². The van der Waals surface area contributed by atoms with E-state index in [1.807, 2.05) is 30.5 Å². The topological polar surface area (TPSA) is 113 Å². The van der Waals surface area contributed by atoms with Crippen LogP contribution in [0.1, 0.15) is 17.5 Å². The van der Waals surface area contributed by atoms with Crippen LogP contribution in [0.2, 0.25) is 10.0 Å². The normalized spacial score (nSPS) is 11.6. The Morgan fingerprint density at radius 3 is 2.81 bits per heavy atom. The Kier molecular flexibility index (Phi) is 8.17. The van der Waals surface area contributed by atoms with Crippen molar-refractivity contribution in [3.8, 4) is 5.75 Å². The predicted octanol–water partition coefficient (Wildman–Crippen LogP) is 3.93. The number of hydrogen-bond acceptors (Lipinski definition) is 5. The highest BCUT2D eigenvalue weighted by Gasteiger charge is 2.18. The van der Waals surface area contributed by atoms with E-state index < -0.39 is 5.91 Å². The molecule has 2 aromatic carbocycles. The minimum absolute atomic E-state index is 0.00760. The first kappa shape index (κ1) is 22.9. The summed E-state index contributed by atoms with van der Waals surface area (Å²) in [7, 11) is 0. The summed E-state index contributed by atoms with van der Waals surface area (Å²) >= 11 is 12.4. The van der Waals surface area contributed by atoms with Gasteiger partial charge in [0.2, 0.25) is 0 Å². The Morgan fingerprint density at radius 2 is 2.03 bits per heavy atom. The van der Waals surface area contributed by atoms with E-state index in [1.165, 1.54) is 0 Å². The summed E-state index contributed by atoms with van der Waals surface area (Å²) in [5.41, 5.74) is 8.12. The van der Waals surface area contributed by atoms with Crippen LogP contribution in [0.5, 0.6) is 5.75 Å². The van der Waals surface area contributed by atoms with Crippen LogP contribution in [-0.4, -0.2) is 41.5 Å². The standard InChI is InChI=1S/C22H24Cl2N4O3/c23-16-10-15(21(18(24)12-16)31-9-3-7-25)11-20(28-30)22(29)26-8-6-14-13-27-19-5-2-1-4-17(14)19/h1-2,4-5,10,12-13,27,30H,3,6-9,11,25H2,(H,26,29)/b28-20-. The lowest BCUT2D eigenvalue weighted by molar-refractivity contribution is -0.115. The van der Waals surface area contributed by atoms with Gasteiger partial charge in [0.05, 0.1) is 11.6 Å². The molecule has 31 heavy (non-hydrogen) atoms. The lowest BCUT2D eigenvalue weighted by atomic mass is 10.1. The summed E-state index contributed by atoms with van der Waals surface area (Å²) in [4.78, 5) is 15.8. The molecule has 0 atom stereocenters. The minimum Gasteiger partial charge on any atom is -0.492 e. The molecule has 0 saturated heterocycles. The fraction of sp³-hybridized carbons (Fsp3) is 0.273. The molecule has 0 radical (unpaired) electrons. The van der Waals surface area contributed by atoms with Gasteiger partial charge in [-0.1, -0.05) is 46.6 Å². The number of amides is 1. The van der Waals surface area contributed by atoms with E-state index >= 15 is 0 Å². The molecule has 0 unspecified atom stereocenters. The average molecular weight is 463 g/mol. The van der Waals surface area contributed by atoms with Crippen molar-refractivity contribution in [3.05, 3.63) is 63.8 Å². The van der Waals surface area contributed by atoms with E-state index in [0.717, 1.165) is 16.5 Å². The van der Waals surface area contributed by atoms with Gasteiger partial charge in [-0.05, 0) is 43.1 Å². The molecule has 5 N–H and O–H groups in total. The zero-order valence-electron chi connectivity index (χ0n) is 16.8. The second kappa shape index (κ2) is 11.0. The number of aromatic amines is 1. The Labute approximate surface area is 190 Å². The number of hydrogen-bond donors (Lipinski definition) is 4. The van der Waals surface area contributed by atoms with E-state index in [9.17, 15) is 10.0 Å². The molecule has 1 heterocycles. The third kappa shape index (κ3) is 5.91. The van der Waals surface area contributed by atoms with E-state index in [0.29, 0.717) is 53.9 Å². The Hall–Kier alpha value is -2.74. The highest BCUT2D eigenvalue weighted by atomic mass is 35.5. The molecule has 3 rings (SSSR count). The van der Waals surface area contributed by atoms with Crippen molar-refractivity contribution in [3.63, 3.8) is 0 Å².